The van der Waals surface area contributed by atoms with E-state index in [0.717, 1.165) is 11.1 Å². The van der Waals surface area contributed by atoms with Crippen LogP contribution in [0.5, 0.6) is 0 Å². The van der Waals surface area contributed by atoms with Crippen molar-refractivity contribution in [1.29, 1.82) is 0 Å². The Balaban J connectivity index is 2.09. The minimum Gasteiger partial charge on any atom is -0.262 e. The van der Waals surface area contributed by atoms with Crippen molar-refractivity contribution in [1.82, 2.24) is 0 Å². The number of aryl methyl sites for hydroxylation is 1. The van der Waals surface area contributed by atoms with Crippen molar-refractivity contribution in [3.63, 3.8) is 0 Å². The Hall–Kier alpha value is -2.30. The average Bonchev–Trinajstić information content (AvgIpc) is 2.63. The van der Waals surface area contributed by atoms with Gasteiger partial charge in [-0.15, -0.1) is 0 Å². The molecule has 0 aliphatic carbocycles. The van der Waals surface area contributed by atoms with Crippen molar-refractivity contribution in [2.75, 3.05) is 4.31 Å². The second-order valence-corrected chi connectivity index (χ2v) is 8.04. The lowest BCUT2D eigenvalue weighted by molar-refractivity contribution is 0.590. The van der Waals surface area contributed by atoms with E-state index in [0.29, 0.717) is 10.7 Å². The minimum absolute atomic E-state index is 0.235. The Kier molecular flexibility index (Phi) is 5.11. The molecule has 25 heavy (non-hydrogen) atoms. The lowest BCUT2D eigenvalue weighted by Crippen LogP contribution is -2.31. The van der Waals surface area contributed by atoms with Gasteiger partial charge in [0.05, 0.1) is 17.1 Å². The SMILES string of the molecule is Cc1ccccc1N(Cc1ccc(Cl)cc1)S(=O)(=O)c1ccccc1. The zero-order valence-corrected chi connectivity index (χ0v) is 15.3. The fraction of sp³-hybridized carbons (Fsp3) is 0.100. The van der Waals surface area contributed by atoms with Crippen LogP contribution < -0.4 is 4.31 Å². The number of para-hydroxylation sites is 1. The van der Waals surface area contributed by atoms with Crippen LogP contribution in [0.25, 0.3) is 0 Å². The van der Waals surface area contributed by atoms with Crippen LogP contribution in [0, 0.1) is 6.92 Å². The zero-order valence-electron chi connectivity index (χ0n) is 13.8. The summed E-state index contributed by atoms with van der Waals surface area (Å²) in [5.74, 6) is 0. The first kappa shape index (κ1) is 17.5. The van der Waals surface area contributed by atoms with Crippen molar-refractivity contribution in [3.8, 4) is 0 Å². The average molecular weight is 372 g/mol. The van der Waals surface area contributed by atoms with Gasteiger partial charge in [0.15, 0.2) is 0 Å². The fourth-order valence-electron chi connectivity index (χ4n) is 2.62. The number of nitrogens with zero attached hydrogens (tertiary/aromatic N) is 1. The van der Waals surface area contributed by atoms with Crippen LogP contribution >= 0.6 is 11.6 Å². The summed E-state index contributed by atoms with van der Waals surface area (Å²) in [6.07, 6.45) is 0. The Bertz CT molecular complexity index is 955. The van der Waals surface area contributed by atoms with Gasteiger partial charge in [-0.05, 0) is 48.4 Å². The highest BCUT2D eigenvalue weighted by atomic mass is 35.5. The summed E-state index contributed by atoms with van der Waals surface area (Å²) in [6.45, 7) is 2.14. The van der Waals surface area contributed by atoms with Crippen molar-refractivity contribution in [2.45, 2.75) is 18.4 Å². The second kappa shape index (κ2) is 7.30. The Morgan fingerprint density at radius 3 is 2.08 bits per heavy atom. The van der Waals surface area contributed by atoms with Gasteiger partial charge in [-0.1, -0.05) is 60.1 Å². The topological polar surface area (TPSA) is 37.4 Å². The molecule has 3 nitrogen and oxygen atoms in total. The molecule has 3 aromatic rings. The Morgan fingerprint density at radius 1 is 0.840 bits per heavy atom. The van der Waals surface area contributed by atoms with E-state index in [1.807, 2.05) is 43.3 Å². The van der Waals surface area contributed by atoms with Crippen LogP contribution in [0.4, 0.5) is 5.69 Å². The van der Waals surface area contributed by atoms with Crippen molar-refractivity contribution in [2.24, 2.45) is 0 Å². The quantitative estimate of drug-likeness (QED) is 0.629. The number of anilines is 1. The highest BCUT2D eigenvalue weighted by molar-refractivity contribution is 7.92. The lowest BCUT2D eigenvalue weighted by Gasteiger charge is -2.26. The summed E-state index contributed by atoms with van der Waals surface area (Å²) in [4.78, 5) is 0.271. The van der Waals surface area contributed by atoms with Gasteiger partial charge in [-0.2, -0.15) is 0 Å². The number of rotatable bonds is 5. The summed E-state index contributed by atoms with van der Waals surface area (Å²) in [7, 11) is -3.68. The molecular formula is C20H18ClNO2S. The molecule has 3 rings (SSSR count). The van der Waals surface area contributed by atoms with Gasteiger partial charge in [0.2, 0.25) is 0 Å². The van der Waals surface area contributed by atoms with Crippen LogP contribution in [-0.4, -0.2) is 8.42 Å². The maximum atomic E-state index is 13.3. The van der Waals surface area contributed by atoms with Crippen LogP contribution in [0.1, 0.15) is 11.1 Å². The van der Waals surface area contributed by atoms with Gasteiger partial charge in [0, 0.05) is 5.02 Å². The molecule has 5 heteroatoms. The first-order valence-electron chi connectivity index (χ1n) is 7.86. The molecule has 0 bridgehead atoms. The standard InChI is InChI=1S/C20H18ClNO2S/c1-16-7-5-6-10-20(16)22(15-17-11-13-18(21)14-12-17)25(23,24)19-8-3-2-4-9-19/h2-14H,15H2,1H3. The first-order valence-corrected chi connectivity index (χ1v) is 9.68. The molecule has 0 fully saturated rings. The van der Waals surface area contributed by atoms with Crippen LogP contribution in [0.15, 0.2) is 83.8 Å². The highest BCUT2D eigenvalue weighted by Crippen LogP contribution is 2.28. The van der Waals surface area contributed by atoms with Gasteiger partial charge in [-0.3, -0.25) is 4.31 Å². The Labute approximate surface area is 153 Å². The fourth-order valence-corrected chi connectivity index (χ4v) is 4.28. The predicted molar refractivity (Wildman–Crippen MR) is 102 cm³/mol. The molecule has 0 saturated carbocycles. The zero-order chi connectivity index (χ0) is 17.9. The maximum absolute atomic E-state index is 13.3. The summed E-state index contributed by atoms with van der Waals surface area (Å²) >= 11 is 5.94. The summed E-state index contributed by atoms with van der Waals surface area (Å²) in [5.41, 5.74) is 2.43. The summed E-state index contributed by atoms with van der Waals surface area (Å²) < 4.78 is 28.0. The minimum atomic E-state index is -3.68. The van der Waals surface area contributed by atoms with Gasteiger partial charge >= 0.3 is 0 Å². The number of halogens is 1. The van der Waals surface area contributed by atoms with Crippen LogP contribution in [-0.2, 0) is 16.6 Å². The van der Waals surface area contributed by atoms with E-state index in [1.54, 1.807) is 42.5 Å². The van der Waals surface area contributed by atoms with E-state index < -0.39 is 10.0 Å². The normalized spacial score (nSPS) is 11.3. The third-order valence-corrected chi connectivity index (χ3v) is 5.98. The molecule has 0 atom stereocenters. The number of hydrogen-bond acceptors (Lipinski definition) is 2. The molecule has 0 aliphatic rings. The summed E-state index contributed by atoms with van der Waals surface area (Å²) in [5, 5.41) is 0.622. The van der Waals surface area contributed by atoms with Gasteiger partial charge < -0.3 is 0 Å². The highest BCUT2D eigenvalue weighted by Gasteiger charge is 2.26. The largest absolute Gasteiger partial charge is 0.264 e. The smallest absolute Gasteiger partial charge is 0.262 e. The van der Waals surface area contributed by atoms with E-state index in [4.69, 9.17) is 11.6 Å². The van der Waals surface area contributed by atoms with E-state index in [-0.39, 0.29) is 11.4 Å². The molecule has 0 heterocycles. The molecule has 128 valence electrons. The lowest BCUT2D eigenvalue weighted by atomic mass is 10.2. The second-order valence-electron chi connectivity index (χ2n) is 5.74. The van der Waals surface area contributed by atoms with E-state index in [9.17, 15) is 8.42 Å². The first-order chi connectivity index (χ1) is 12.0. The number of sulfonamides is 1. The molecule has 0 aromatic heterocycles. The van der Waals surface area contributed by atoms with Gasteiger partial charge in [-0.25, -0.2) is 8.42 Å². The molecule has 0 radical (unpaired) electrons. The number of hydrogen-bond donors (Lipinski definition) is 0. The predicted octanol–water partition coefficient (Wildman–Crippen LogP) is 5.04. The van der Waals surface area contributed by atoms with Crippen LogP contribution in [0.3, 0.4) is 0 Å². The van der Waals surface area contributed by atoms with E-state index >= 15 is 0 Å². The van der Waals surface area contributed by atoms with Crippen molar-refractivity contribution >= 4 is 27.3 Å². The summed E-state index contributed by atoms with van der Waals surface area (Å²) in [6, 6.07) is 23.2. The third kappa shape index (κ3) is 3.86. The molecule has 0 saturated heterocycles. The molecule has 0 aliphatic heterocycles. The molecular weight excluding hydrogens is 354 g/mol. The van der Waals surface area contributed by atoms with Gasteiger partial charge in [0.1, 0.15) is 0 Å². The Morgan fingerprint density at radius 2 is 1.44 bits per heavy atom. The molecule has 3 aromatic carbocycles. The van der Waals surface area contributed by atoms with Crippen LogP contribution in [0.2, 0.25) is 5.02 Å². The van der Waals surface area contributed by atoms with Crippen molar-refractivity contribution in [3.05, 3.63) is 95.0 Å². The van der Waals surface area contributed by atoms with E-state index in [1.165, 1.54) is 4.31 Å². The molecule has 0 N–H and O–H groups in total. The monoisotopic (exact) mass is 371 g/mol. The molecule has 0 amide bonds. The number of benzene rings is 3. The van der Waals surface area contributed by atoms with Gasteiger partial charge in [0.25, 0.3) is 10.0 Å². The van der Waals surface area contributed by atoms with E-state index in [2.05, 4.69) is 0 Å². The maximum Gasteiger partial charge on any atom is 0.264 e. The molecule has 0 spiro atoms. The molecule has 0 unspecified atom stereocenters. The third-order valence-electron chi connectivity index (χ3n) is 3.95. The van der Waals surface area contributed by atoms with Crippen molar-refractivity contribution < 1.29 is 8.42 Å².